The van der Waals surface area contributed by atoms with Gasteiger partial charge in [0, 0.05) is 18.1 Å². The van der Waals surface area contributed by atoms with E-state index in [0.717, 1.165) is 16.1 Å². The summed E-state index contributed by atoms with van der Waals surface area (Å²) in [6, 6.07) is 17.1. The van der Waals surface area contributed by atoms with Gasteiger partial charge in [-0.15, -0.1) is 10.2 Å². The Morgan fingerprint density at radius 1 is 1.08 bits per heavy atom. The number of rotatable bonds is 5. The Morgan fingerprint density at radius 3 is 2.56 bits per heavy atom. The van der Waals surface area contributed by atoms with Gasteiger partial charge in [-0.1, -0.05) is 53.8 Å². The van der Waals surface area contributed by atoms with Gasteiger partial charge in [-0.3, -0.25) is 5.32 Å². The van der Waals surface area contributed by atoms with Crippen LogP contribution in [-0.4, -0.2) is 23.3 Å². The molecule has 2 N–H and O–H groups in total. The molecule has 0 atom stereocenters. The van der Waals surface area contributed by atoms with Crippen molar-refractivity contribution in [2.45, 2.75) is 6.54 Å². The van der Waals surface area contributed by atoms with Crippen LogP contribution < -0.4 is 15.5 Å². The Bertz CT molecular complexity index is 855. The van der Waals surface area contributed by atoms with Crippen molar-refractivity contribution in [3.63, 3.8) is 0 Å². The normalized spacial score (nSPS) is 10.3. The molecule has 1 aromatic heterocycles. The fraction of sp³-hybridized carbons (Fsp3) is 0.118. The van der Waals surface area contributed by atoms with E-state index in [1.54, 1.807) is 0 Å². The SMILES string of the molecule is CN(Cc1ccccc1)c1nnc(NC(=O)Nc2ccccc2Br)s1. The van der Waals surface area contributed by atoms with E-state index >= 15 is 0 Å². The lowest BCUT2D eigenvalue weighted by molar-refractivity contribution is 0.262. The lowest BCUT2D eigenvalue weighted by atomic mass is 10.2. The Labute approximate surface area is 158 Å². The average Bonchev–Trinajstić information content (AvgIpc) is 3.06. The minimum atomic E-state index is -0.361. The second-order valence-corrected chi connectivity index (χ2v) is 7.10. The monoisotopic (exact) mass is 417 g/mol. The third-order valence-electron chi connectivity index (χ3n) is 3.35. The smallest absolute Gasteiger partial charge is 0.325 e. The molecule has 0 saturated heterocycles. The topological polar surface area (TPSA) is 70.2 Å². The summed E-state index contributed by atoms with van der Waals surface area (Å²) in [4.78, 5) is 14.1. The minimum absolute atomic E-state index is 0.361. The quantitative estimate of drug-likeness (QED) is 0.637. The maximum absolute atomic E-state index is 12.1. The van der Waals surface area contributed by atoms with Gasteiger partial charge in [0.25, 0.3) is 0 Å². The van der Waals surface area contributed by atoms with Crippen LogP contribution in [0.1, 0.15) is 5.56 Å². The van der Waals surface area contributed by atoms with Crippen molar-refractivity contribution in [1.29, 1.82) is 0 Å². The van der Waals surface area contributed by atoms with E-state index in [2.05, 4.69) is 48.9 Å². The molecule has 0 radical (unpaired) electrons. The van der Waals surface area contributed by atoms with Gasteiger partial charge in [-0.25, -0.2) is 4.79 Å². The molecule has 6 nitrogen and oxygen atoms in total. The molecule has 25 heavy (non-hydrogen) atoms. The second kappa shape index (κ2) is 8.09. The first kappa shape index (κ1) is 17.4. The Morgan fingerprint density at radius 2 is 1.80 bits per heavy atom. The summed E-state index contributed by atoms with van der Waals surface area (Å²) >= 11 is 4.71. The van der Waals surface area contributed by atoms with Crippen LogP contribution in [0, 0.1) is 0 Å². The molecule has 0 aliphatic rings. The van der Waals surface area contributed by atoms with E-state index in [-0.39, 0.29) is 6.03 Å². The Kier molecular flexibility index (Phi) is 5.62. The predicted octanol–water partition coefficient (Wildman–Crippen LogP) is 4.58. The van der Waals surface area contributed by atoms with Crippen LogP contribution >= 0.6 is 27.3 Å². The highest BCUT2D eigenvalue weighted by Crippen LogP contribution is 2.25. The van der Waals surface area contributed by atoms with E-state index in [1.807, 2.05) is 54.4 Å². The molecule has 8 heteroatoms. The van der Waals surface area contributed by atoms with E-state index in [0.29, 0.717) is 10.8 Å². The van der Waals surface area contributed by atoms with Crippen LogP contribution in [0.5, 0.6) is 0 Å². The molecule has 0 fully saturated rings. The summed E-state index contributed by atoms with van der Waals surface area (Å²) in [5.74, 6) is 0. The van der Waals surface area contributed by atoms with E-state index < -0.39 is 0 Å². The first-order chi connectivity index (χ1) is 12.1. The van der Waals surface area contributed by atoms with Gasteiger partial charge < -0.3 is 10.2 Å². The summed E-state index contributed by atoms with van der Waals surface area (Å²) in [6.07, 6.45) is 0. The van der Waals surface area contributed by atoms with Crippen LogP contribution in [0.3, 0.4) is 0 Å². The van der Waals surface area contributed by atoms with Gasteiger partial charge in [-0.05, 0) is 33.6 Å². The summed E-state index contributed by atoms with van der Waals surface area (Å²) in [6.45, 7) is 0.721. The zero-order valence-electron chi connectivity index (χ0n) is 13.4. The third kappa shape index (κ3) is 4.77. The number of carbonyl (C=O) groups is 1. The molecule has 2 aromatic carbocycles. The zero-order chi connectivity index (χ0) is 17.6. The number of carbonyl (C=O) groups excluding carboxylic acids is 1. The average molecular weight is 418 g/mol. The number of nitrogens with zero attached hydrogens (tertiary/aromatic N) is 3. The summed E-state index contributed by atoms with van der Waals surface area (Å²) < 4.78 is 0.811. The van der Waals surface area contributed by atoms with Crippen LogP contribution in [0.2, 0.25) is 0 Å². The van der Waals surface area contributed by atoms with Crippen LogP contribution in [0.4, 0.5) is 20.7 Å². The molecular formula is C17H16BrN5OS. The molecular weight excluding hydrogens is 402 g/mol. The van der Waals surface area contributed by atoms with E-state index in [1.165, 1.54) is 16.9 Å². The predicted molar refractivity (Wildman–Crippen MR) is 105 cm³/mol. The lowest BCUT2D eigenvalue weighted by Crippen LogP contribution is -2.19. The number of para-hydroxylation sites is 1. The number of nitrogens with one attached hydrogen (secondary N) is 2. The van der Waals surface area contributed by atoms with Gasteiger partial charge in [-0.2, -0.15) is 0 Å². The number of halogens is 1. The van der Waals surface area contributed by atoms with E-state index in [9.17, 15) is 4.79 Å². The van der Waals surface area contributed by atoms with Gasteiger partial charge in [0.2, 0.25) is 10.3 Å². The van der Waals surface area contributed by atoms with Gasteiger partial charge in [0.15, 0.2) is 0 Å². The molecule has 128 valence electrons. The fourth-order valence-electron chi connectivity index (χ4n) is 2.16. The molecule has 0 aliphatic carbocycles. The highest BCUT2D eigenvalue weighted by atomic mass is 79.9. The minimum Gasteiger partial charge on any atom is -0.345 e. The van der Waals surface area contributed by atoms with Crippen molar-refractivity contribution in [2.24, 2.45) is 0 Å². The molecule has 3 aromatic rings. The molecule has 3 rings (SSSR count). The fourth-order valence-corrected chi connectivity index (χ4v) is 3.24. The lowest BCUT2D eigenvalue weighted by Gasteiger charge is -2.14. The summed E-state index contributed by atoms with van der Waals surface area (Å²) in [5.41, 5.74) is 1.87. The van der Waals surface area contributed by atoms with Crippen molar-refractivity contribution in [3.8, 4) is 0 Å². The first-order valence-corrected chi connectivity index (χ1v) is 9.14. The molecule has 1 heterocycles. The second-order valence-electron chi connectivity index (χ2n) is 5.29. The molecule has 0 spiro atoms. The Balaban J connectivity index is 1.59. The first-order valence-electron chi connectivity index (χ1n) is 7.53. The largest absolute Gasteiger partial charge is 0.345 e. The molecule has 0 aliphatic heterocycles. The Hall–Kier alpha value is -2.45. The number of amides is 2. The molecule has 2 amide bonds. The standard InChI is InChI=1S/C17H16BrN5OS/c1-23(11-12-7-3-2-4-8-12)17-22-21-16(25-17)20-15(24)19-14-10-6-5-9-13(14)18/h2-10H,11H2,1H3,(H2,19,20,21,24). The van der Waals surface area contributed by atoms with Crippen molar-refractivity contribution in [2.75, 3.05) is 22.6 Å². The number of hydrogen-bond donors (Lipinski definition) is 2. The van der Waals surface area contributed by atoms with Crippen LogP contribution in [-0.2, 0) is 6.54 Å². The van der Waals surface area contributed by atoms with Crippen molar-refractivity contribution < 1.29 is 4.79 Å². The highest BCUT2D eigenvalue weighted by Gasteiger charge is 2.12. The van der Waals surface area contributed by atoms with E-state index in [4.69, 9.17) is 0 Å². The van der Waals surface area contributed by atoms with Crippen LogP contribution in [0.25, 0.3) is 0 Å². The summed E-state index contributed by atoms with van der Waals surface area (Å²) in [7, 11) is 1.94. The van der Waals surface area contributed by atoms with Crippen molar-refractivity contribution in [1.82, 2.24) is 10.2 Å². The number of anilines is 3. The van der Waals surface area contributed by atoms with Crippen LogP contribution in [0.15, 0.2) is 59.1 Å². The number of benzene rings is 2. The molecule has 0 bridgehead atoms. The molecule has 0 unspecified atom stereocenters. The maximum atomic E-state index is 12.1. The number of urea groups is 1. The van der Waals surface area contributed by atoms with Gasteiger partial charge >= 0.3 is 6.03 Å². The maximum Gasteiger partial charge on any atom is 0.325 e. The summed E-state index contributed by atoms with van der Waals surface area (Å²) in [5, 5.41) is 14.8. The van der Waals surface area contributed by atoms with Crippen molar-refractivity contribution in [3.05, 3.63) is 64.6 Å². The van der Waals surface area contributed by atoms with Gasteiger partial charge in [0.05, 0.1) is 5.69 Å². The van der Waals surface area contributed by atoms with Gasteiger partial charge in [0.1, 0.15) is 0 Å². The number of aromatic nitrogens is 2. The van der Waals surface area contributed by atoms with Crippen molar-refractivity contribution >= 4 is 49.2 Å². The molecule has 0 saturated carbocycles. The highest BCUT2D eigenvalue weighted by molar-refractivity contribution is 9.10. The number of hydrogen-bond acceptors (Lipinski definition) is 5. The third-order valence-corrected chi connectivity index (χ3v) is 4.99. The zero-order valence-corrected chi connectivity index (χ0v) is 15.8.